The molecule has 0 atom stereocenters. The van der Waals surface area contributed by atoms with Crippen LogP contribution in [-0.4, -0.2) is 21.3 Å². The molecule has 0 radical (unpaired) electrons. The molecule has 5 heteroatoms. The lowest BCUT2D eigenvalue weighted by atomic mass is 9.90. The van der Waals surface area contributed by atoms with Gasteiger partial charge in [0.1, 0.15) is 5.03 Å². The smallest absolute Gasteiger partial charge is 0.221 e. The molecule has 0 amide bonds. The van der Waals surface area contributed by atoms with E-state index in [0.29, 0.717) is 5.56 Å². The maximum Gasteiger partial charge on any atom is 0.221 e. The summed E-state index contributed by atoms with van der Waals surface area (Å²) < 4.78 is 0. The fraction of sp³-hybridized carbons (Fsp3) is 0.312. The maximum absolute atomic E-state index is 10.1. The third-order valence-corrected chi connectivity index (χ3v) is 4.86. The molecule has 0 saturated carbocycles. The summed E-state index contributed by atoms with van der Waals surface area (Å²) in [6.45, 7) is 0. The lowest BCUT2D eigenvalue weighted by Gasteiger charge is -2.21. The van der Waals surface area contributed by atoms with Gasteiger partial charge >= 0.3 is 0 Å². The molecule has 2 heterocycles. The highest BCUT2D eigenvalue weighted by atomic mass is 32.2. The average molecular weight is 299 g/mol. The van der Waals surface area contributed by atoms with E-state index in [9.17, 15) is 5.11 Å². The first-order valence-corrected chi connectivity index (χ1v) is 8.05. The molecule has 21 heavy (non-hydrogen) atoms. The van der Waals surface area contributed by atoms with E-state index in [1.165, 1.54) is 17.3 Å². The molecule has 0 aliphatic heterocycles. The lowest BCUT2D eigenvalue weighted by molar-refractivity contribution is 0.443. The minimum atomic E-state index is -0.0112. The monoisotopic (exact) mass is 299 g/mol. The van der Waals surface area contributed by atoms with Crippen LogP contribution in [0.3, 0.4) is 0 Å². The molecule has 2 N–H and O–H groups in total. The fourth-order valence-corrected chi connectivity index (χ4v) is 3.75. The summed E-state index contributed by atoms with van der Waals surface area (Å²) in [4.78, 5) is 8.34. The van der Waals surface area contributed by atoms with Gasteiger partial charge in [0, 0.05) is 24.4 Å². The van der Waals surface area contributed by atoms with Gasteiger partial charge in [-0.05, 0) is 54.5 Å². The highest BCUT2D eigenvalue weighted by Crippen LogP contribution is 2.35. The first-order chi connectivity index (χ1) is 10.3. The van der Waals surface area contributed by atoms with Gasteiger partial charge in [-0.25, -0.2) is 4.98 Å². The molecular weight excluding hydrogens is 282 g/mol. The zero-order chi connectivity index (χ0) is 14.7. The van der Waals surface area contributed by atoms with Crippen molar-refractivity contribution in [2.75, 3.05) is 0 Å². The number of fused-ring (bicyclic) bond motifs is 1. The van der Waals surface area contributed by atoms with E-state index in [0.717, 1.165) is 42.0 Å². The predicted molar refractivity (Wildman–Crippen MR) is 84.2 cm³/mol. The second-order valence-electron chi connectivity index (χ2n) is 5.11. The molecule has 2 aromatic heterocycles. The summed E-state index contributed by atoms with van der Waals surface area (Å²) in [6.07, 6.45) is 8.99. The Balaban J connectivity index is 1.91. The molecule has 2 aromatic rings. The SMILES string of the molecule is N=Cc1c(O)nc(SCc2ccncc2)c2c1CCCC2. The minimum absolute atomic E-state index is 0.0112. The topological polar surface area (TPSA) is 69.9 Å². The molecule has 1 aliphatic rings. The number of thioether (sulfide) groups is 1. The number of aromatic hydroxyl groups is 1. The molecule has 0 spiro atoms. The van der Waals surface area contributed by atoms with E-state index in [1.807, 2.05) is 12.1 Å². The highest BCUT2D eigenvalue weighted by molar-refractivity contribution is 7.98. The Morgan fingerprint density at radius 3 is 2.62 bits per heavy atom. The summed E-state index contributed by atoms with van der Waals surface area (Å²) in [7, 11) is 0. The number of nitrogens with zero attached hydrogens (tertiary/aromatic N) is 2. The number of hydrogen-bond donors (Lipinski definition) is 2. The summed E-state index contributed by atoms with van der Waals surface area (Å²) in [6, 6.07) is 3.98. The number of rotatable bonds is 4. The minimum Gasteiger partial charge on any atom is -0.493 e. The van der Waals surface area contributed by atoms with Crippen LogP contribution in [0, 0.1) is 5.41 Å². The van der Waals surface area contributed by atoms with Gasteiger partial charge in [0.2, 0.25) is 5.88 Å². The average Bonchev–Trinajstić information content (AvgIpc) is 2.54. The van der Waals surface area contributed by atoms with Crippen LogP contribution in [0.25, 0.3) is 0 Å². The first kappa shape index (κ1) is 14.1. The van der Waals surface area contributed by atoms with Crippen LogP contribution in [0.5, 0.6) is 5.88 Å². The van der Waals surface area contributed by atoms with Crippen LogP contribution < -0.4 is 0 Å². The van der Waals surface area contributed by atoms with Crippen molar-refractivity contribution in [3.63, 3.8) is 0 Å². The Morgan fingerprint density at radius 1 is 1.19 bits per heavy atom. The van der Waals surface area contributed by atoms with Crippen LogP contribution in [0.15, 0.2) is 29.6 Å². The summed E-state index contributed by atoms with van der Waals surface area (Å²) >= 11 is 1.65. The van der Waals surface area contributed by atoms with E-state index in [2.05, 4.69) is 9.97 Å². The van der Waals surface area contributed by atoms with Gasteiger partial charge in [-0.1, -0.05) is 0 Å². The number of nitrogens with one attached hydrogen (secondary N) is 1. The van der Waals surface area contributed by atoms with Crippen LogP contribution in [0.4, 0.5) is 0 Å². The Morgan fingerprint density at radius 2 is 1.90 bits per heavy atom. The zero-order valence-electron chi connectivity index (χ0n) is 11.7. The van der Waals surface area contributed by atoms with Crippen molar-refractivity contribution in [2.24, 2.45) is 0 Å². The van der Waals surface area contributed by atoms with Crippen molar-refractivity contribution in [3.8, 4) is 5.88 Å². The molecule has 0 aromatic carbocycles. The Kier molecular flexibility index (Phi) is 4.20. The van der Waals surface area contributed by atoms with E-state index in [1.54, 1.807) is 24.2 Å². The van der Waals surface area contributed by atoms with Crippen LogP contribution >= 0.6 is 11.8 Å². The second-order valence-corrected chi connectivity index (χ2v) is 6.07. The number of aromatic nitrogens is 2. The van der Waals surface area contributed by atoms with Crippen molar-refractivity contribution >= 4 is 18.0 Å². The van der Waals surface area contributed by atoms with Crippen LogP contribution in [-0.2, 0) is 18.6 Å². The van der Waals surface area contributed by atoms with E-state index >= 15 is 0 Å². The normalized spacial score (nSPS) is 13.7. The Bertz CT molecular complexity index is 658. The molecule has 1 aliphatic carbocycles. The Hall–Kier alpha value is -1.88. The standard InChI is InChI=1S/C16H17N3OS/c17-9-14-12-3-1-2-4-13(12)16(19-15(14)20)21-10-11-5-7-18-8-6-11/h5-9,17H,1-4,10H2,(H,19,20). The second kappa shape index (κ2) is 6.26. The summed E-state index contributed by atoms with van der Waals surface area (Å²) in [5.74, 6) is 0.800. The van der Waals surface area contributed by atoms with Gasteiger partial charge in [0.25, 0.3) is 0 Å². The molecule has 0 unspecified atom stereocenters. The summed E-state index contributed by atoms with van der Waals surface area (Å²) in [5.41, 5.74) is 4.12. The molecule has 0 saturated heterocycles. The third kappa shape index (κ3) is 2.93. The van der Waals surface area contributed by atoms with Crippen molar-refractivity contribution in [3.05, 3.63) is 46.8 Å². The first-order valence-electron chi connectivity index (χ1n) is 7.06. The van der Waals surface area contributed by atoms with Crippen molar-refractivity contribution in [1.29, 1.82) is 5.41 Å². The van der Waals surface area contributed by atoms with Crippen molar-refractivity contribution in [1.82, 2.24) is 9.97 Å². The van der Waals surface area contributed by atoms with Gasteiger partial charge in [-0.15, -0.1) is 11.8 Å². The van der Waals surface area contributed by atoms with Crippen molar-refractivity contribution in [2.45, 2.75) is 36.5 Å². The Labute approximate surface area is 128 Å². The largest absolute Gasteiger partial charge is 0.493 e. The molecule has 0 fully saturated rings. The van der Waals surface area contributed by atoms with Crippen LogP contribution in [0.2, 0.25) is 0 Å². The van der Waals surface area contributed by atoms with E-state index in [4.69, 9.17) is 5.41 Å². The van der Waals surface area contributed by atoms with Crippen molar-refractivity contribution < 1.29 is 5.11 Å². The maximum atomic E-state index is 10.1. The fourth-order valence-electron chi connectivity index (χ4n) is 2.70. The van der Waals surface area contributed by atoms with Gasteiger partial charge in [-0.3, -0.25) is 4.98 Å². The molecule has 108 valence electrons. The molecule has 4 nitrogen and oxygen atoms in total. The molecular formula is C16H17N3OS. The predicted octanol–water partition coefficient (Wildman–Crippen LogP) is 3.35. The van der Waals surface area contributed by atoms with Gasteiger partial charge in [-0.2, -0.15) is 0 Å². The highest BCUT2D eigenvalue weighted by Gasteiger charge is 2.21. The lowest BCUT2D eigenvalue weighted by Crippen LogP contribution is -2.10. The third-order valence-electron chi connectivity index (χ3n) is 3.77. The van der Waals surface area contributed by atoms with Gasteiger partial charge in [0.15, 0.2) is 0 Å². The van der Waals surface area contributed by atoms with Crippen LogP contribution in [0.1, 0.15) is 35.1 Å². The van der Waals surface area contributed by atoms with E-state index < -0.39 is 0 Å². The van der Waals surface area contributed by atoms with Gasteiger partial charge in [0.05, 0.1) is 5.56 Å². The zero-order valence-corrected chi connectivity index (χ0v) is 12.5. The summed E-state index contributed by atoms with van der Waals surface area (Å²) in [5, 5.41) is 18.5. The molecule has 0 bridgehead atoms. The molecule has 3 rings (SSSR count). The number of pyridine rings is 2. The van der Waals surface area contributed by atoms with E-state index in [-0.39, 0.29) is 5.88 Å². The quantitative estimate of drug-likeness (QED) is 0.671. The van der Waals surface area contributed by atoms with Gasteiger partial charge < -0.3 is 10.5 Å². The number of hydrogen-bond acceptors (Lipinski definition) is 5.